The largest absolute Gasteiger partial charge is 3.00 e. The third-order valence-electron chi connectivity index (χ3n) is 12.0. The normalized spacial score (nSPS) is 12.9. The fourth-order valence-corrected chi connectivity index (χ4v) is 9.42. The van der Waals surface area contributed by atoms with Crippen LogP contribution < -0.4 is 35.3 Å². The number of halogens is 2. The van der Waals surface area contributed by atoms with Crippen molar-refractivity contribution in [3.8, 4) is 22.3 Å². The van der Waals surface area contributed by atoms with E-state index in [1.54, 1.807) is 5.57 Å². The van der Waals surface area contributed by atoms with Crippen molar-refractivity contribution in [3.05, 3.63) is 158 Å². The Morgan fingerprint density at radius 3 is 1.76 bits per heavy atom. The molecule has 3 heteroatoms. The van der Waals surface area contributed by atoms with Gasteiger partial charge in [-0.1, -0.05) is 199 Å². The van der Waals surface area contributed by atoms with E-state index in [0.717, 1.165) is 19.3 Å². The van der Waals surface area contributed by atoms with Crippen LogP contribution in [-0.4, -0.2) is 0 Å². The van der Waals surface area contributed by atoms with Gasteiger partial charge in [0.1, 0.15) is 0 Å². The van der Waals surface area contributed by atoms with Gasteiger partial charge in [-0.2, -0.15) is 0 Å². The molecule has 58 heavy (non-hydrogen) atoms. The predicted octanol–water partition coefficient (Wildman–Crippen LogP) is 8.11. The summed E-state index contributed by atoms with van der Waals surface area (Å²) in [4.78, 5) is 0. The van der Waals surface area contributed by atoms with Gasteiger partial charge < -0.3 is 24.8 Å². The topological polar surface area (TPSA) is 0 Å². The van der Waals surface area contributed by atoms with E-state index in [0.29, 0.717) is 0 Å². The van der Waals surface area contributed by atoms with E-state index in [1.807, 2.05) is 0 Å². The molecule has 295 valence electrons. The third-order valence-corrected chi connectivity index (χ3v) is 12.0. The molecule has 0 aliphatic heterocycles. The zero-order valence-electron chi connectivity index (χ0n) is 35.7. The summed E-state index contributed by atoms with van der Waals surface area (Å²) < 4.78 is 0. The van der Waals surface area contributed by atoms with Gasteiger partial charge in [0.25, 0.3) is 0 Å². The quantitative estimate of drug-likeness (QED) is 0.129. The maximum Gasteiger partial charge on any atom is 3.00 e. The van der Waals surface area contributed by atoms with Gasteiger partial charge in [-0.3, -0.25) is 0 Å². The molecular formula is C55H57Cl2Zr. The van der Waals surface area contributed by atoms with Crippen molar-refractivity contribution in [2.45, 2.75) is 111 Å². The molecule has 0 bridgehead atoms. The molecule has 0 atom stereocenters. The molecule has 0 heterocycles. The van der Waals surface area contributed by atoms with Crippen LogP contribution in [0.25, 0.3) is 61.0 Å². The van der Waals surface area contributed by atoms with Crippen LogP contribution >= 0.6 is 0 Å². The van der Waals surface area contributed by atoms with Gasteiger partial charge in [0.2, 0.25) is 0 Å². The van der Waals surface area contributed by atoms with Crippen LogP contribution in [0.4, 0.5) is 0 Å². The Balaban J connectivity index is 0.00000214. The fraction of sp³-hybridized carbons (Fsp3) is 0.309. The Morgan fingerprint density at radius 1 is 0.638 bits per heavy atom. The summed E-state index contributed by atoms with van der Waals surface area (Å²) in [5.74, 6) is 0. The van der Waals surface area contributed by atoms with Crippen LogP contribution in [0.5, 0.6) is 0 Å². The van der Waals surface area contributed by atoms with Gasteiger partial charge >= 0.3 is 26.2 Å². The molecule has 0 aromatic heterocycles. The van der Waals surface area contributed by atoms with Crippen LogP contribution in [0, 0.1) is 10.4 Å². The van der Waals surface area contributed by atoms with Crippen molar-refractivity contribution in [2.24, 2.45) is 0 Å². The maximum atomic E-state index is 4.22. The molecule has 2 aliphatic carbocycles. The summed E-state index contributed by atoms with van der Waals surface area (Å²) in [6.45, 7) is 19.2. The molecule has 0 unspecified atom stereocenters. The van der Waals surface area contributed by atoms with Gasteiger partial charge in [-0.05, 0) is 97.9 Å². The van der Waals surface area contributed by atoms with Gasteiger partial charge in [-0.25, -0.2) is 0 Å². The molecule has 1 radical (unpaired) electrons. The second kappa shape index (κ2) is 18.4. The molecule has 6 aromatic carbocycles. The van der Waals surface area contributed by atoms with Crippen molar-refractivity contribution in [1.82, 2.24) is 0 Å². The first kappa shape index (κ1) is 45.6. The van der Waals surface area contributed by atoms with Crippen molar-refractivity contribution >= 4 is 38.8 Å². The fourth-order valence-electron chi connectivity index (χ4n) is 9.42. The zero-order valence-corrected chi connectivity index (χ0v) is 39.6. The van der Waals surface area contributed by atoms with E-state index in [9.17, 15) is 0 Å². The number of benzene rings is 6. The minimum absolute atomic E-state index is 0. The van der Waals surface area contributed by atoms with Crippen molar-refractivity contribution in [1.29, 1.82) is 0 Å². The van der Waals surface area contributed by atoms with Gasteiger partial charge in [0.15, 0.2) is 0 Å². The Hall–Kier alpha value is -3.48. The van der Waals surface area contributed by atoms with E-state index in [1.165, 1.54) is 118 Å². The van der Waals surface area contributed by atoms with Crippen LogP contribution in [0.3, 0.4) is 0 Å². The maximum absolute atomic E-state index is 4.22. The van der Waals surface area contributed by atoms with Gasteiger partial charge in [-0.15, -0.1) is 33.4 Å². The van der Waals surface area contributed by atoms with Crippen molar-refractivity contribution in [3.63, 3.8) is 0 Å². The molecule has 0 amide bonds. The van der Waals surface area contributed by atoms with E-state index >= 15 is 0 Å². The molecule has 6 aromatic rings. The zero-order chi connectivity index (χ0) is 38.5. The summed E-state index contributed by atoms with van der Waals surface area (Å²) >= 11 is 0. The minimum Gasteiger partial charge on any atom is -1.00 e. The monoisotopic (exact) mass is 877 g/mol. The van der Waals surface area contributed by atoms with Crippen molar-refractivity contribution in [2.75, 3.05) is 0 Å². The third kappa shape index (κ3) is 8.31. The Bertz CT molecular complexity index is 2750. The number of hydrogen-bond donors (Lipinski definition) is 0. The second-order valence-electron chi connectivity index (χ2n) is 18.0. The minimum atomic E-state index is -0.125. The van der Waals surface area contributed by atoms with E-state index in [-0.39, 0.29) is 61.8 Å². The summed E-state index contributed by atoms with van der Waals surface area (Å²) in [7, 11) is 0. The SMILES string of the molecule is CCCCC(CCCC)=c1c(C(C)(C)C)c(-c2cccc3ccccc23)c(C2=CC=CC2)c2c1=c1cc(C(C)(C)C)c(-c3cccc4ccccc34)cc1=[C-]2.[Cl-].[Cl-].[Zr+3]. The van der Waals surface area contributed by atoms with Gasteiger partial charge in [0.05, 0.1) is 0 Å². The number of allylic oxidation sites excluding steroid dienone is 4. The molecule has 0 fully saturated rings. The Morgan fingerprint density at radius 2 is 1.21 bits per heavy atom. The molecule has 0 nitrogen and oxygen atoms in total. The summed E-state index contributed by atoms with van der Waals surface area (Å²) in [5, 5.41) is 10.7. The summed E-state index contributed by atoms with van der Waals surface area (Å²) in [5.41, 5.74) is 13.7. The van der Waals surface area contributed by atoms with Crippen molar-refractivity contribution < 1.29 is 51.0 Å². The first-order valence-corrected chi connectivity index (χ1v) is 20.9. The van der Waals surface area contributed by atoms with Crippen LogP contribution in [0.1, 0.15) is 123 Å². The smallest absolute Gasteiger partial charge is 1.00 e. The van der Waals surface area contributed by atoms with E-state index in [2.05, 4.69) is 177 Å². The van der Waals surface area contributed by atoms with Gasteiger partial charge in [0, 0.05) is 0 Å². The molecule has 0 spiro atoms. The molecule has 0 saturated carbocycles. The second-order valence-corrected chi connectivity index (χ2v) is 18.0. The number of rotatable bonds is 9. The summed E-state index contributed by atoms with van der Waals surface area (Å²) in [6, 6.07) is 36.7. The van der Waals surface area contributed by atoms with Crippen LogP contribution in [-0.2, 0) is 37.0 Å². The van der Waals surface area contributed by atoms with E-state index < -0.39 is 0 Å². The predicted molar refractivity (Wildman–Crippen MR) is 240 cm³/mol. The molecular weight excluding hydrogens is 823 g/mol. The standard InChI is InChI=1S/C55H57.2ClH.Zr/c1-9-11-21-39(22-12-10-2)50-51-45-35-48(54(3,4)5)46(43-31-19-27-36-23-15-17-29-41(36)43)33-40(45)34-47(51)49(38-25-13-14-26-38)52(53(50)55(6,7)8)44-32-20-28-37-24-16-18-30-42(37)44;;;/h13-20,23-25,27-33,35H,9-12,21-22,26H2,1-8H3;2*1H;/q-1;;;+3/p-2. The molecule has 8 rings (SSSR count). The first-order chi connectivity index (χ1) is 26.5. The number of unbranched alkanes of at least 4 members (excludes halogenated alkanes) is 2. The van der Waals surface area contributed by atoms with Crippen LogP contribution in [0.15, 0.2) is 115 Å². The van der Waals surface area contributed by atoms with E-state index in [4.69, 9.17) is 0 Å². The molecule has 0 saturated heterocycles. The Kier molecular flexibility index (Phi) is 14.5. The molecule has 2 aliphatic rings. The molecule has 0 N–H and O–H groups in total. The number of fused-ring (bicyclic) bond motifs is 4. The average molecular weight is 880 g/mol. The average Bonchev–Trinajstić information content (AvgIpc) is 3.84. The Labute approximate surface area is 378 Å². The summed E-state index contributed by atoms with van der Waals surface area (Å²) in [6.07, 6.45) is 19.1. The number of hydrogen-bond acceptors (Lipinski definition) is 0. The van der Waals surface area contributed by atoms with Crippen LogP contribution in [0.2, 0.25) is 0 Å². The first-order valence-electron chi connectivity index (χ1n) is 20.9.